The van der Waals surface area contributed by atoms with Gasteiger partial charge in [-0.3, -0.25) is 4.79 Å². The van der Waals surface area contributed by atoms with Crippen LogP contribution in [0, 0.1) is 0 Å². The van der Waals surface area contributed by atoms with Crippen LogP contribution in [0.15, 0.2) is 24.3 Å². The van der Waals surface area contributed by atoms with Crippen LogP contribution < -0.4 is 11.1 Å². The molecule has 102 valence electrons. The number of benzene rings is 1. The van der Waals surface area contributed by atoms with Crippen molar-refractivity contribution >= 4 is 33.0 Å². The van der Waals surface area contributed by atoms with Gasteiger partial charge in [0.15, 0.2) is 0 Å². The molecule has 2 aromatic rings. The van der Waals surface area contributed by atoms with Gasteiger partial charge in [-0.05, 0) is 43.5 Å². The molecular formula is C14H18N2O2S. The second-order valence-electron chi connectivity index (χ2n) is 4.38. The highest BCUT2D eigenvalue weighted by atomic mass is 32.1. The normalized spacial score (nSPS) is 12.5. The number of carbonyl (C=O) groups excluding carboxylic acids is 1. The Kier molecular flexibility index (Phi) is 4.39. The van der Waals surface area contributed by atoms with Crippen LogP contribution in [-0.4, -0.2) is 25.2 Å². The summed E-state index contributed by atoms with van der Waals surface area (Å²) in [5.74, 6) is -0.0636. The number of anilines is 1. The van der Waals surface area contributed by atoms with Gasteiger partial charge < -0.3 is 15.8 Å². The Morgan fingerprint density at radius 2 is 2.26 bits per heavy atom. The molecule has 0 saturated carbocycles. The van der Waals surface area contributed by atoms with Crippen LogP contribution in [0.25, 0.3) is 10.1 Å². The molecule has 0 saturated heterocycles. The van der Waals surface area contributed by atoms with Crippen molar-refractivity contribution in [2.75, 3.05) is 18.9 Å². The molecule has 4 nitrogen and oxygen atoms in total. The Hall–Kier alpha value is -1.59. The van der Waals surface area contributed by atoms with Crippen LogP contribution >= 0.6 is 11.3 Å². The lowest BCUT2D eigenvalue weighted by Gasteiger charge is -2.11. The maximum Gasteiger partial charge on any atom is 0.261 e. The van der Waals surface area contributed by atoms with Crippen LogP contribution in [-0.2, 0) is 4.74 Å². The van der Waals surface area contributed by atoms with Gasteiger partial charge in [0, 0.05) is 23.5 Å². The van der Waals surface area contributed by atoms with E-state index in [4.69, 9.17) is 10.5 Å². The van der Waals surface area contributed by atoms with E-state index in [0.717, 1.165) is 10.1 Å². The van der Waals surface area contributed by atoms with Gasteiger partial charge in [-0.15, -0.1) is 11.3 Å². The molecule has 0 spiro atoms. The average Bonchev–Trinajstić information content (AvgIpc) is 2.79. The molecule has 0 radical (unpaired) electrons. The first-order chi connectivity index (χ1) is 9.10. The number of ether oxygens (including phenoxy) is 1. The van der Waals surface area contributed by atoms with Crippen molar-refractivity contribution in [3.8, 4) is 0 Å². The molecule has 0 aliphatic rings. The molecular weight excluding hydrogens is 260 g/mol. The van der Waals surface area contributed by atoms with Crippen LogP contribution in [0.5, 0.6) is 0 Å². The van der Waals surface area contributed by atoms with Crippen molar-refractivity contribution in [3.05, 3.63) is 29.1 Å². The van der Waals surface area contributed by atoms with Crippen molar-refractivity contribution in [2.24, 2.45) is 0 Å². The minimum absolute atomic E-state index is 0.0268. The van der Waals surface area contributed by atoms with Crippen molar-refractivity contribution in [3.63, 3.8) is 0 Å². The van der Waals surface area contributed by atoms with Crippen molar-refractivity contribution in [1.29, 1.82) is 0 Å². The SMILES string of the molecule is CCOC(C)CNC(=O)c1cc2cc(N)ccc2s1. The van der Waals surface area contributed by atoms with E-state index < -0.39 is 0 Å². The Bertz CT molecular complexity index is 580. The lowest BCUT2D eigenvalue weighted by Crippen LogP contribution is -2.31. The lowest BCUT2D eigenvalue weighted by atomic mass is 10.2. The van der Waals surface area contributed by atoms with E-state index in [1.54, 1.807) is 0 Å². The highest BCUT2D eigenvalue weighted by molar-refractivity contribution is 7.20. The molecule has 1 atom stereocenters. The van der Waals surface area contributed by atoms with E-state index in [0.29, 0.717) is 23.7 Å². The van der Waals surface area contributed by atoms with Gasteiger partial charge in [0.25, 0.3) is 5.91 Å². The molecule has 0 aliphatic carbocycles. The number of hydrogen-bond donors (Lipinski definition) is 2. The van der Waals surface area contributed by atoms with Crippen molar-refractivity contribution < 1.29 is 9.53 Å². The standard InChI is InChI=1S/C14H18N2O2S/c1-3-18-9(2)8-16-14(17)13-7-10-6-11(15)4-5-12(10)19-13/h4-7,9H,3,8,15H2,1-2H3,(H,16,17). The predicted octanol–water partition coefficient (Wildman–Crippen LogP) is 2.64. The zero-order chi connectivity index (χ0) is 13.8. The highest BCUT2D eigenvalue weighted by Gasteiger charge is 2.11. The Labute approximate surface area is 116 Å². The summed E-state index contributed by atoms with van der Waals surface area (Å²) >= 11 is 1.47. The van der Waals surface area contributed by atoms with E-state index in [1.165, 1.54) is 11.3 Å². The number of nitrogens with one attached hydrogen (secondary N) is 1. The second-order valence-corrected chi connectivity index (χ2v) is 5.47. The number of thiophene rings is 1. The smallest absolute Gasteiger partial charge is 0.261 e. The van der Waals surface area contributed by atoms with Crippen molar-refractivity contribution in [2.45, 2.75) is 20.0 Å². The second kappa shape index (κ2) is 6.04. The zero-order valence-electron chi connectivity index (χ0n) is 11.1. The van der Waals surface area contributed by atoms with Gasteiger partial charge in [-0.2, -0.15) is 0 Å². The number of nitrogens with two attached hydrogens (primary N) is 1. The first kappa shape index (κ1) is 13.8. The van der Waals surface area contributed by atoms with Gasteiger partial charge in [-0.25, -0.2) is 0 Å². The summed E-state index contributed by atoms with van der Waals surface area (Å²) in [6.45, 7) is 5.05. The predicted molar refractivity (Wildman–Crippen MR) is 79.7 cm³/mol. The molecule has 0 aliphatic heterocycles. The van der Waals surface area contributed by atoms with Gasteiger partial charge >= 0.3 is 0 Å². The maximum atomic E-state index is 12.0. The van der Waals surface area contributed by atoms with E-state index >= 15 is 0 Å². The van der Waals surface area contributed by atoms with E-state index in [9.17, 15) is 4.79 Å². The van der Waals surface area contributed by atoms with Crippen LogP contribution in [0.2, 0.25) is 0 Å². The summed E-state index contributed by atoms with van der Waals surface area (Å²) in [5, 5.41) is 3.88. The van der Waals surface area contributed by atoms with Gasteiger partial charge in [0.05, 0.1) is 11.0 Å². The summed E-state index contributed by atoms with van der Waals surface area (Å²) in [5.41, 5.74) is 6.44. The third-order valence-electron chi connectivity index (χ3n) is 2.77. The number of amides is 1. The molecule has 1 heterocycles. The minimum atomic E-state index is -0.0636. The van der Waals surface area contributed by atoms with Crippen molar-refractivity contribution in [1.82, 2.24) is 5.32 Å². The molecule has 3 N–H and O–H groups in total. The average molecular weight is 278 g/mol. The largest absolute Gasteiger partial charge is 0.399 e. The van der Waals surface area contributed by atoms with Gasteiger partial charge in [-0.1, -0.05) is 0 Å². The molecule has 5 heteroatoms. The van der Waals surface area contributed by atoms with Crippen LogP contribution in [0.4, 0.5) is 5.69 Å². The van der Waals surface area contributed by atoms with E-state index in [1.807, 2.05) is 38.1 Å². The summed E-state index contributed by atoms with van der Waals surface area (Å²) < 4.78 is 6.44. The fourth-order valence-electron chi connectivity index (χ4n) is 1.84. The number of nitrogen functional groups attached to an aromatic ring is 1. The molecule has 0 fully saturated rings. The summed E-state index contributed by atoms with van der Waals surface area (Å²) in [7, 11) is 0. The number of fused-ring (bicyclic) bond motifs is 1. The maximum absolute atomic E-state index is 12.0. The van der Waals surface area contributed by atoms with Gasteiger partial charge in [0.2, 0.25) is 0 Å². The molecule has 1 aromatic heterocycles. The highest BCUT2D eigenvalue weighted by Crippen LogP contribution is 2.27. The topological polar surface area (TPSA) is 64.3 Å². The first-order valence-electron chi connectivity index (χ1n) is 6.29. The fraction of sp³-hybridized carbons (Fsp3) is 0.357. The van der Waals surface area contributed by atoms with Crippen LogP contribution in [0.3, 0.4) is 0 Å². The monoisotopic (exact) mass is 278 g/mol. The zero-order valence-corrected chi connectivity index (χ0v) is 11.9. The van der Waals surface area contributed by atoms with Gasteiger partial charge in [0.1, 0.15) is 0 Å². The third kappa shape index (κ3) is 3.45. The Morgan fingerprint density at radius 3 is 3.00 bits per heavy atom. The molecule has 19 heavy (non-hydrogen) atoms. The quantitative estimate of drug-likeness (QED) is 0.826. The van der Waals surface area contributed by atoms with E-state index in [2.05, 4.69) is 5.32 Å². The van der Waals surface area contributed by atoms with Crippen LogP contribution in [0.1, 0.15) is 23.5 Å². The summed E-state index contributed by atoms with van der Waals surface area (Å²) in [6.07, 6.45) is 0.0268. The number of rotatable bonds is 5. The molecule has 2 rings (SSSR count). The number of carbonyl (C=O) groups is 1. The third-order valence-corrected chi connectivity index (χ3v) is 3.88. The molecule has 0 bridgehead atoms. The molecule has 1 unspecified atom stereocenters. The first-order valence-corrected chi connectivity index (χ1v) is 7.10. The molecule has 1 amide bonds. The summed E-state index contributed by atoms with van der Waals surface area (Å²) in [4.78, 5) is 12.7. The molecule has 1 aromatic carbocycles. The lowest BCUT2D eigenvalue weighted by molar-refractivity contribution is 0.0696. The Balaban J connectivity index is 2.05. The Morgan fingerprint density at radius 1 is 1.47 bits per heavy atom. The fourth-order valence-corrected chi connectivity index (χ4v) is 2.80. The van der Waals surface area contributed by atoms with E-state index in [-0.39, 0.29) is 12.0 Å². The minimum Gasteiger partial charge on any atom is -0.399 e. The summed E-state index contributed by atoms with van der Waals surface area (Å²) in [6, 6.07) is 7.54. The number of hydrogen-bond acceptors (Lipinski definition) is 4.